The Hall–Kier alpha value is -1.02. The predicted molar refractivity (Wildman–Crippen MR) is 83.6 cm³/mol. The van der Waals surface area contributed by atoms with Crippen molar-refractivity contribution in [3.05, 3.63) is 29.3 Å². The lowest BCUT2D eigenvalue weighted by Gasteiger charge is -2.49. The molecule has 0 amide bonds. The molecule has 2 saturated carbocycles. The third kappa shape index (κ3) is 2.03. The standard InChI is InChI=1S/C19H26O2/c1-19-8-7-16-15-6-4-14(21-2)9-12(15)3-5-17(16)18(19)10-13(20)11-19/h4,6,9,13,16-18,20H,3,5,7-8,10-11H2,1-2H3/t13-,16-,17-,18-,19-/m1/s1. The number of aliphatic hydroxyl groups is 1. The topological polar surface area (TPSA) is 29.5 Å². The van der Waals surface area contributed by atoms with Gasteiger partial charge in [0.1, 0.15) is 5.75 Å². The van der Waals surface area contributed by atoms with E-state index in [1.54, 1.807) is 12.7 Å². The van der Waals surface area contributed by atoms with Gasteiger partial charge >= 0.3 is 0 Å². The fourth-order valence-electron chi connectivity index (χ4n) is 5.71. The summed E-state index contributed by atoms with van der Waals surface area (Å²) in [5, 5.41) is 10.2. The van der Waals surface area contributed by atoms with Crippen LogP contribution in [0.3, 0.4) is 0 Å². The van der Waals surface area contributed by atoms with Gasteiger partial charge in [0.05, 0.1) is 13.2 Å². The quantitative estimate of drug-likeness (QED) is 0.848. The maximum atomic E-state index is 10.2. The molecular formula is C19H26O2. The molecular weight excluding hydrogens is 260 g/mol. The van der Waals surface area contributed by atoms with Gasteiger partial charge in [0, 0.05) is 0 Å². The molecule has 1 aromatic rings. The molecule has 0 aliphatic heterocycles. The Kier molecular flexibility index (Phi) is 3.08. The normalized spacial score (nSPS) is 41.1. The first-order chi connectivity index (χ1) is 10.1. The molecule has 0 bridgehead atoms. The maximum absolute atomic E-state index is 10.2. The van der Waals surface area contributed by atoms with Crippen LogP contribution in [-0.2, 0) is 6.42 Å². The average Bonchev–Trinajstić information content (AvgIpc) is 2.80. The Balaban J connectivity index is 1.68. The molecule has 0 aromatic heterocycles. The molecule has 0 unspecified atom stereocenters. The van der Waals surface area contributed by atoms with Crippen molar-refractivity contribution in [3.8, 4) is 5.75 Å². The summed E-state index contributed by atoms with van der Waals surface area (Å²) in [5.41, 5.74) is 3.46. The van der Waals surface area contributed by atoms with E-state index in [-0.39, 0.29) is 6.10 Å². The zero-order valence-corrected chi connectivity index (χ0v) is 13.1. The molecule has 1 aromatic carbocycles. The van der Waals surface area contributed by atoms with Crippen molar-refractivity contribution >= 4 is 0 Å². The van der Waals surface area contributed by atoms with Gasteiger partial charge in [-0.15, -0.1) is 0 Å². The molecule has 2 fully saturated rings. The van der Waals surface area contributed by atoms with Crippen molar-refractivity contribution < 1.29 is 9.84 Å². The van der Waals surface area contributed by atoms with E-state index in [1.807, 2.05) is 0 Å². The summed E-state index contributed by atoms with van der Waals surface area (Å²) in [6.45, 7) is 2.42. The average molecular weight is 286 g/mol. The van der Waals surface area contributed by atoms with Gasteiger partial charge in [-0.1, -0.05) is 13.0 Å². The first-order valence-electron chi connectivity index (χ1n) is 8.45. The molecule has 2 heteroatoms. The fraction of sp³-hybridized carbons (Fsp3) is 0.684. The van der Waals surface area contributed by atoms with Gasteiger partial charge < -0.3 is 9.84 Å². The van der Waals surface area contributed by atoms with Crippen LogP contribution in [0.25, 0.3) is 0 Å². The van der Waals surface area contributed by atoms with E-state index in [1.165, 1.54) is 31.2 Å². The lowest BCUT2D eigenvalue weighted by molar-refractivity contribution is 0.0596. The van der Waals surface area contributed by atoms with Gasteiger partial charge in [-0.25, -0.2) is 0 Å². The van der Waals surface area contributed by atoms with E-state index in [0.717, 1.165) is 30.4 Å². The highest BCUT2D eigenvalue weighted by Gasteiger charge is 2.52. The van der Waals surface area contributed by atoms with Crippen LogP contribution in [-0.4, -0.2) is 18.3 Å². The first-order valence-corrected chi connectivity index (χ1v) is 8.45. The van der Waals surface area contributed by atoms with E-state index < -0.39 is 0 Å². The number of rotatable bonds is 1. The van der Waals surface area contributed by atoms with Crippen LogP contribution >= 0.6 is 0 Å². The van der Waals surface area contributed by atoms with E-state index in [9.17, 15) is 5.11 Å². The Bertz CT molecular complexity index is 552. The number of hydrogen-bond donors (Lipinski definition) is 1. The molecule has 3 aliphatic rings. The summed E-state index contributed by atoms with van der Waals surface area (Å²) in [5.74, 6) is 3.20. The third-order valence-electron chi connectivity index (χ3n) is 6.68. The van der Waals surface area contributed by atoms with Crippen LogP contribution in [0.2, 0.25) is 0 Å². The van der Waals surface area contributed by atoms with Gasteiger partial charge in [-0.2, -0.15) is 0 Å². The molecule has 0 radical (unpaired) electrons. The third-order valence-corrected chi connectivity index (χ3v) is 6.68. The Labute approximate surface area is 127 Å². The number of benzene rings is 1. The van der Waals surface area contributed by atoms with Crippen molar-refractivity contribution in [2.45, 2.75) is 57.5 Å². The number of methoxy groups -OCH3 is 1. The highest BCUT2D eigenvalue weighted by atomic mass is 16.5. The zero-order valence-electron chi connectivity index (χ0n) is 13.1. The predicted octanol–water partition coefficient (Wildman–Crippen LogP) is 3.91. The van der Waals surface area contributed by atoms with Crippen LogP contribution in [0, 0.1) is 17.3 Å². The second-order valence-electron chi connectivity index (χ2n) is 7.77. The van der Waals surface area contributed by atoms with Crippen molar-refractivity contribution in [3.63, 3.8) is 0 Å². The lowest BCUT2D eigenvalue weighted by atomic mass is 9.56. The van der Waals surface area contributed by atoms with Crippen LogP contribution < -0.4 is 4.74 Å². The minimum Gasteiger partial charge on any atom is -0.497 e. The number of aliphatic hydroxyl groups excluding tert-OH is 1. The smallest absolute Gasteiger partial charge is 0.119 e. The number of ether oxygens (including phenoxy) is 1. The van der Waals surface area contributed by atoms with Crippen molar-refractivity contribution in [1.82, 2.24) is 0 Å². The largest absolute Gasteiger partial charge is 0.497 e. The van der Waals surface area contributed by atoms with Crippen molar-refractivity contribution in [2.24, 2.45) is 17.3 Å². The Morgan fingerprint density at radius 1 is 1.29 bits per heavy atom. The summed E-state index contributed by atoms with van der Waals surface area (Å²) in [6.07, 6.45) is 7.04. The fourth-order valence-corrected chi connectivity index (χ4v) is 5.71. The monoisotopic (exact) mass is 286 g/mol. The van der Waals surface area contributed by atoms with Gasteiger partial charge in [0.15, 0.2) is 0 Å². The van der Waals surface area contributed by atoms with Crippen LogP contribution in [0.4, 0.5) is 0 Å². The van der Waals surface area contributed by atoms with Crippen LogP contribution in [0.15, 0.2) is 18.2 Å². The van der Waals surface area contributed by atoms with Gasteiger partial charge in [-0.05, 0) is 85.0 Å². The maximum Gasteiger partial charge on any atom is 0.119 e. The summed E-state index contributed by atoms with van der Waals surface area (Å²) in [7, 11) is 1.75. The van der Waals surface area contributed by atoms with Crippen LogP contribution in [0.1, 0.15) is 56.1 Å². The highest BCUT2D eigenvalue weighted by molar-refractivity contribution is 5.40. The molecule has 1 N–H and O–H groups in total. The van der Waals surface area contributed by atoms with E-state index in [0.29, 0.717) is 11.3 Å². The molecule has 114 valence electrons. The Morgan fingerprint density at radius 2 is 2.14 bits per heavy atom. The number of hydrogen-bond acceptors (Lipinski definition) is 2. The summed E-state index contributed by atoms with van der Waals surface area (Å²) >= 11 is 0. The molecule has 0 saturated heterocycles. The summed E-state index contributed by atoms with van der Waals surface area (Å²) in [6, 6.07) is 6.67. The molecule has 3 aliphatic carbocycles. The van der Waals surface area contributed by atoms with E-state index in [4.69, 9.17) is 4.74 Å². The highest BCUT2D eigenvalue weighted by Crippen LogP contribution is 2.60. The molecule has 4 rings (SSSR count). The summed E-state index contributed by atoms with van der Waals surface area (Å²) in [4.78, 5) is 0. The van der Waals surface area contributed by atoms with E-state index in [2.05, 4.69) is 25.1 Å². The lowest BCUT2D eigenvalue weighted by Crippen LogP contribution is -2.39. The zero-order chi connectivity index (χ0) is 14.6. The first kappa shape index (κ1) is 13.6. The molecule has 21 heavy (non-hydrogen) atoms. The van der Waals surface area contributed by atoms with Gasteiger partial charge in [0.25, 0.3) is 0 Å². The minimum absolute atomic E-state index is 0.0592. The van der Waals surface area contributed by atoms with Crippen molar-refractivity contribution in [1.29, 1.82) is 0 Å². The van der Waals surface area contributed by atoms with E-state index >= 15 is 0 Å². The Morgan fingerprint density at radius 3 is 2.95 bits per heavy atom. The number of fused-ring (bicyclic) bond motifs is 5. The molecule has 0 spiro atoms. The van der Waals surface area contributed by atoms with Crippen molar-refractivity contribution in [2.75, 3.05) is 7.11 Å². The second-order valence-corrected chi connectivity index (χ2v) is 7.77. The summed E-state index contributed by atoms with van der Waals surface area (Å²) < 4.78 is 5.38. The van der Waals surface area contributed by atoms with Crippen LogP contribution in [0.5, 0.6) is 5.75 Å². The van der Waals surface area contributed by atoms with Gasteiger partial charge in [-0.3, -0.25) is 0 Å². The molecule has 0 heterocycles. The minimum atomic E-state index is -0.0592. The SMILES string of the molecule is COc1ccc2c(c1)CC[C@@H]1[C@@H]2CC[C@]2(C)C[C@H](O)C[C@H]12. The molecule has 5 atom stereocenters. The molecule has 2 nitrogen and oxygen atoms in total. The number of aryl methyl sites for hydroxylation is 1. The van der Waals surface area contributed by atoms with Gasteiger partial charge in [0.2, 0.25) is 0 Å². The second kappa shape index (κ2) is 4.74.